The van der Waals surface area contributed by atoms with Crippen LogP contribution in [0.2, 0.25) is 0 Å². The molecule has 1 saturated carbocycles. The molecule has 2 unspecified atom stereocenters. The Morgan fingerprint density at radius 3 is 2.50 bits per heavy atom. The summed E-state index contributed by atoms with van der Waals surface area (Å²) in [7, 11) is 0. The van der Waals surface area contributed by atoms with Crippen LogP contribution in [-0.2, 0) is 4.74 Å². The lowest BCUT2D eigenvalue weighted by molar-refractivity contribution is 0.00997. The molecule has 1 aliphatic carbocycles. The van der Waals surface area contributed by atoms with E-state index in [0.29, 0.717) is 12.1 Å². The summed E-state index contributed by atoms with van der Waals surface area (Å²) in [5, 5.41) is 0. The summed E-state index contributed by atoms with van der Waals surface area (Å²) in [4.78, 5) is 2.62. The Balaban J connectivity index is 1.73. The zero-order valence-electron chi connectivity index (χ0n) is 11.9. The highest BCUT2D eigenvalue weighted by Gasteiger charge is 2.25. The number of hydrogen-bond donors (Lipinski definition) is 1. The highest BCUT2D eigenvalue weighted by Crippen LogP contribution is 2.24. The van der Waals surface area contributed by atoms with Gasteiger partial charge in [-0.05, 0) is 38.5 Å². The third-order valence-electron chi connectivity index (χ3n) is 4.65. The van der Waals surface area contributed by atoms with Gasteiger partial charge in [-0.1, -0.05) is 19.3 Å². The van der Waals surface area contributed by atoms with Crippen LogP contribution in [0.25, 0.3) is 0 Å². The molecular weight excluding hydrogens is 224 g/mol. The van der Waals surface area contributed by atoms with Crippen LogP contribution in [0.5, 0.6) is 0 Å². The van der Waals surface area contributed by atoms with Gasteiger partial charge in [0.2, 0.25) is 0 Å². The van der Waals surface area contributed by atoms with Crippen LogP contribution in [0, 0.1) is 5.92 Å². The van der Waals surface area contributed by atoms with Gasteiger partial charge in [0.1, 0.15) is 0 Å². The van der Waals surface area contributed by atoms with Gasteiger partial charge in [-0.2, -0.15) is 0 Å². The van der Waals surface area contributed by atoms with Crippen molar-refractivity contribution >= 4 is 0 Å². The molecule has 0 bridgehead atoms. The van der Waals surface area contributed by atoms with E-state index in [1.54, 1.807) is 0 Å². The molecule has 3 nitrogen and oxygen atoms in total. The Kier molecular flexibility index (Phi) is 5.93. The molecule has 2 N–H and O–H groups in total. The largest absolute Gasteiger partial charge is 0.378 e. The van der Waals surface area contributed by atoms with Crippen LogP contribution in [0.3, 0.4) is 0 Å². The Bertz CT molecular complexity index is 227. The SMILES string of the molecule is CCOC1CCN(CC2CCCCCC2N)CC1. The van der Waals surface area contributed by atoms with Crippen molar-refractivity contribution in [2.24, 2.45) is 11.7 Å². The maximum absolute atomic E-state index is 6.32. The lowest BCUT2D eigenvalue weighted by atomic mass is 9.94. The monoisotopic (exact) mass is 254 g/mol. The molecule has 2 fully saturated rings. The second-order valence-corrected chi connectivity index (χ2v) is 6.02. The fraction of sp³-hybridized carbons (Fsp3) is 1.00. The quantitative estimate of drug-likeness (QED) is 0.783. The van der Waals surface area contributed by atoms with Gasteiger partial charge >= 0.3 is 0 Å². The van der Waals surface area contributed by atoms with E-state index in [2.05, 4.69) is 11.8 Å². The van der Waals surface area contributed by atoms with Gasteiger partial charge in [0.05, 0.1) is 6.10 Å². The van der Waals surface area contributed by atoms with E-state index in [4.69, 9.17) is 10.5 Å². The van der Waals surface area contributed by atoms with Crippen molar-refractivity contribution in [1.82, 2.24) is 4.90 Å². The van der Waals surface area contributed by atoms with Gasteiger partial charge in [-0.15, -0.1) is 0 Å². The molecule has 18 heavy (non-hydrogen) atoms. The Labute approximate surface area is 112 Å². The van der Waals surface area contributed by atoms with Crippen molar-refractivity contribution < 1.29 is 4.74 Å². The third-order valence-corrected chi connectivity index (χ3v) is 4.65. The van der Waals surface area contributed by atoms with Gasteiger partial charge in [-0.25, -0.2) is 0 Å². The maximum atomic E-state index is 6.32. The first-order chi connectivity index (χ1) is 8.79. The van der Waals surface area contributed by atoms with Gasteiger partial charge in [0.25, 0.3) is 0 Å². The average Bonchev–Trinajstić information content (AvgIpc) is 2.58. The molecule has 0 aromatic rings. The third kappa shape index (κ3) is 4.22. The van der Waals surface area contributed by atoms with E-state index < -0.39 is 0 Å². The summed E-state index contributed by atoms with van der Waals surface area (Å²) in [5.74, 6) is 0.733. The van der Waals surface area contributed by atoms with E-state index in [1.807, 2.05) is 0 Å². The van der Waals surface area contributed by atoms with E-state index in [9.17, 15) is 0 Å². The highest BCUT2D eigenvalue weighted by atomic mass is 16.5. The number of hydrogen-bond acceptors (Lipinski definition) is 3. The van der Waals surface area contributed by atoms with E-state index in [-0.39, 0.29) is 0 Å². The smallest absolute Gasteiger partial charge is 0.0599 e. The number of rotatable bonds is 4. The first-order valence-corrected chi connectivity index (χ1v) is 7.89. The predicted octanol–water partition coefficient (Wildman–Crippen LogP) is 2.39. The van der Waals surface area contributed by atoms with Gasteiger partial charge in [0.15, 0.2) is 0 Å². The standard InChI is InChI=1S/C15H30N2O/c1-2-18-14-8-10-17(11-9-14)12-13-6-4-3-5-7-15(13)16/h13-15H,2-12,16H2,1H3. The highest BCUT2D eigenvalue weighted by molar-refractivity contribution is 4.81. The van der Waals surface area contributed by atoms with Gasteiger partial charge in [-0.3, -0.25) is 0 Å². The number of piperidine rings is 1. The first-order valence-electron chi connectivity index (χ1n) is 7.89. The number of likely N-dealkylation sites (tertiary alicyclic amines) is 1. The molecule has 2 atom stereocenters. The van der Waals surface area contributed by atoms with Crippen LogP contribution >= 0.6 is 0 Å². The molecular formula is C15H30N2O. The maximum Gasteiger partial charge on any atom is 0.0599 e. The topological polar surface area (TPSA) is 38.5 Å². The van der Waals surface area contributed by atoms with Crippen LogP contribution in [0.15, 0.2) is 0 Å². The number of ether oxygens (including phenoxy) is 1. The van der Waals surface area contributed by atoms with Crippen LogP contribution in [-0.4, -0.2) is 43.3 Å². The Hall–Kier alpha value is -0.120. The van der Waals surface area contributed by atoms with Crippen molar-refractivity contribution in [1.29, 1.82) is 0 Å². The van der Waals surface area contributed by atoms with Crippen LogP contribution in [0.4, 0.5) is 0 Å². The van der Waals surface area contributed by atoms with Gasteiger partial charge < -0.3 is 15.4 Å². The minimum absolute atomic E-state index is 0.442. The van der Waals surface area contributed by atoms with Gasteiger partial charge in [0, 0.05) is 32.3 Å². The molecule has 0 amide bonds. The lowest BCUT2D eigenvalue weighted by Gasteiger charge is -2.35. The average molecular weight is 254 g/mol. The van der Waals surface area contributed by atoms with Crippen molar-refractivity contribution in [3.63, 3.8) is 0 Å². The molecule has 0 radical (unpaired) electrons. The van der Waals surface area contributed by atoms with Crippen LogP contribution in [0.1, 0.15) is 51.9 Å². The lowest BCUT2D eigenvalue weighted by Crippen LogP contribution is -2.43. The molecule has 2 aliphatic rings. The second-order valence-electron chi connectivity index (χ2n) is 6.02. The Morgan fingerprint density at radius 2 is 1.78 bits per heavy atom. The molecule has 1 heterocycles. The molecule has 2 rings (SSSR count). The van der Waals surface area contributed by atoms with Crippen molar-refractivity contribution in [3.8, 4) is 0 Å². The summed E-state index contributed by atoms with van der Waals surface area (Å²) in [6.45, 7) is 6.58. The summed E-state index contributed by atoms with van der Waals surface area (Å²) in [6.07, 6.45) is 9.60. The molecule has 3 heteroatoms. The van der Waals surface area contributed by atoms with E-state index >= 15 is 0 Å². The minimum atomic E-state index is 0.442. The zero-order chi connectivity index (χ0) is 12.8. The predicted molar refractivity (Wildman–Crippen MR) is 75.6 cm³/mol. The second kappa shape index (κ2) is 7.46. The summed E-state index contributed by atoms with van der Waals surface area (Å²) in [6, 6.07) is 0.442. The molecule has 0 aromatic heterocycles. The molecule has 0 spiro atoms. The summed E-state index contributed by atoms with van der Waals surface area (Å²) < 4.78 is 5.71. The normalized spacial score (nSPS) is 32.3. The first kappa shape index (κ1) is 14.3. The fourth-order valence-electron chi connectivity index (χ4n) is 3.47. The molecule has 1 saturated heterocycles. The van der Waals surface area contributed by atoms with Crippen LogP contribution < -0.4 is 5.73 Å². The summed E-state index contributed by atoms with van der Waals surface area (Å²) >= 11 is 0. The van der Waals surface area contributed by atoms with Crippen molar-refractivity contribution in [3.05, 3.63) is 0 Å². The molecule has 1 aliphatic heterocycles. The number of nitrogens with zero attached hydrogens (tertiary/aromatic N) is 1. The Morgan fingerprint density at radius 1 is 1.06 bits per heavy atom. The number of nitrogens with two attached hydrogens (primary N) is 1. The fourth-order valence-corrected chi connectivity index (χ4v) is 3.47. The zero-order valence-corrected chi connectivity index (χ0v) is 11.9. The minimum Gasteiger partial charge on any atom is -0.378 e. The molecule has 0 aromatic carbocycles. The molecule has 106 valence electrons. The van der Waals surface area contributed by atoms with Crippen molar-refractivity contribution in [2.75, 3.05) is 26.2 Å². The van der Waals surface area contributed by atoms with E-state index in [0.717, 1.165) is 12.5 Å². The van der Waals surface area contributed by atoms with E-state index in [1.165, 1.54) is 64.6 Å². The summed E-state index contributed by atoms with van der Waals surface area (Å²) in [5.41, 5.74) is 6.32. The van der Waals surface area contributed by atoms with Crippen molar-refractivity contribution in [2.45, 2.75) is 64.0 Å².